The van der Waals surface area contributed by atoms with Gasteiger partial charge in [0, 0.05) is 25.8 Å². The highest BCUT2D eigenvalue weighted by molar-refractivity contribution is 6.29. The molecule has 0 aromatic carbocycles. The number of aromatic nitrogens is 2. The van der Waals surface area contributed by atoms with E-state index in [2.05, 4.69) is 23.8 Å². The van der Waals surface area contributed by atoms with E-state index in [0.29, 0.717) is 11.1 Å². The van der Waals surface area contributed by atoms with Crippen molar-refractivity contribution in [3.05, 3.63) is 22.7 Å². The summed E-state index contributed by atoms with van der Waals surface area (Å²) in [5, 5.41) is 0.529. The molecule has 1 aromatic rings. The second-order valence-electron chi connectivity index (χ2n) is 3.78. The van der Waals surface area contributed by atoms with Gasteiger partial charge in [-0.1, -0.05) is 25.4 Å². The van der Waals surface area contributed by atoms with E-state index in [1.807, 2.05) is 6.07 Å². The summed E-state index contributed by atoms with van der Waals surface area (Å²) in [4.78, 5) is 8.64. The van der Waals surface area contributed by atoms with E-state index in [1.54, 1.807) is 7.11 Å². The molecule has 0 aliphatic heterocycles. The number of hydrogen-bond donors (Lipinski definition) is 0. The summed E-state index contributed by atoms with van der Waals surface area (Å²) in [6.45, 7) is 4.92. The minimum absolute atomic E-state index is 0.381. The Bertz CT molecular complexity index is 315. The largest absolute Gasteiger partial charge is 0.385 e. The van der Waals surface area contributed by atoms with Crippen molar-refractivity contribution in [2.45, 2.75) is 32.6 Å². The van der Waals surface area contributed by atoms with Crippen LogP contribution in [0.1, 0.15) is 37.7 Å². The van der Waals surface area contributed by atoms with E-state index >= 15 is 0 Å². The SMILES string of the molecule is COCCCc1nc(Cl)cc(C(C)C)n1. The third kappa shape index (κ3) is 4.14. The summed E-state index contributed by atoms with van der Waals surface area (Å²) >= 11 is 5.92. The van der Waals surface area contributed by atoms with Crippen LogP contribution in [0.4, 0.5) is 0 Å². The second-order valence-corrected chi connectivity index (χ2v) is 4.17. The lowest BCUT2D eigenvalue weighted by Crippen LogP contribution is -2.03. The Hall–Kier alpha value is -0.670. The van der Waals surface area contributed by atoms with Gasteiger partial charge in [-0.15, -0.1) is 0 Å². The number of rotatable bonds is 5. The van der Waals surface area contributed by atoms with Crippen molar-refractivity contribution in [1.29, 1.82) is 0 Å². The molecule has 15 heavy (non-hydrogen) atoms. The fourth-order valence-electron chi connectivity index (χ4n) is 1.27. The quantitative estimate of drug-likeness (QED) is 0.574. The van der Waals surface area contributed by atoms with Crippen molar-refractivity contribution in [3.63, 3.8) is 0 Å². The molecule has 0 aliphatic rings. The highest BCUT2D eigenvalue weighted by Gasteiger charge is 2.06. The average molecular weight is 229 g/mol. The summed E-state index contributed by atoms with van der Waals surface area (Å²) in [5.41, 5.74) is 1.00. The highest BCUT2D eigenvalue weighted by Crippen LogP contribution is 2.16. The van der Waals surface area contributed by atoms with Gasteiger partial charge in [0.05, 0.1) is 0 Å². The van der Waals surface area contributed by atoms with Crippen molar-refractivity contribution in [2.24, 2.45) is 0 Å². The number of aryl methyl sites for hydroxylation is 1. The standard InChI is InChI=1S/C11H17ClN2O/c1-8(2)9-7-10(12)14-11(13-9)5-4-6-15-3/h7-8H,4-6H2,1-3H3. The Morgan fingerprint density at radius 3 is 2.73 bits per heavy atom. The van der Waals surface area contributed by atoms with Crippen molar-refractivity contribution >= 4 is 11.6 Å². The molecule has 0 unspecified atom stereocenters. The molecule has 0 saturated carbocycles. The van der Waals surface area contributed by atoms with Crippen LogP contribution in [0.5, 0.6) is 0 Å². The molecule has 4 heteroatoms. The Labute approximate surface area is 95.8 Å². The fourth-order valence-corrected chi connectivity index (χ4v) is 1.48. The average Bonchev–Trinajstić information content (AvgIpc) is 2.17. The summed E-state index contributed by atoms with van der Waals surface area (Å²) in [6, 6.07) is 1.83. The first kappa shape index (κ1) is 12.4. The fraction of sp³-hybridized carbons (Fsp3) is 0.636. The van der Waals surface area contributed by atoms with Crippen LogP contribution >= 0.6 is 11.6 Å². The van der Waals surface area contributed by atoms with Crippen LogP contribution in [0, 0.1) is 0 Å². The molecule has 1 heterocycles. The predicted molar refractivity (Wildman–Crippen MR) is 61.3 cm³/mol. The van der Waals surface area contributed by atoms with Crippen LogP contribution in [-0.4, -0.2) is 23.7 Å². The van der Waals surface area contributed by atoms with Gasteiger partial charge in [-0.05, 0) is 18.4 Å². The normalized spacial score (nSPS) is 11.0. The van der Waals surface area contributed by atoms with Gasteiger partial charge >= 0.3 is 0 Å². The van der Waals surface area contributed by atoms with Gasteiger partial charge in [0.2, 0.25) is 0 Å². The van der Waals surface area contributed by atoms with Gasteiger partial charge in [0.15, 0.2) is 0 Å². The minimum Gasteiger partial charge on any atom is -0.385 e. The summed E-state index contributed by atoms with van der Waals surface area (Å²) in [6.07, 6.45) is 1.74. The van der Waals surface area contributed by atoms with Crippen LogP contribution in [0.2, 0.25) is 5.15 Å². The molecule has 0 radical (unpaired) electrons. The molecule has 0 amide bonds. The summed E-state index contributed by atoms with van der Waals surface area (Å²) < 4.78 is 4.98. The molecular weight excluding hydrogens is 212 g/mol. The molecule has 1 aromatic heterocycles. The monoisotopic (exact) mass is 228 g/mol. The van der Waals surface area contributed by atoms with Gasteiger partial charge in [-0.3, -0.25) is 0 Å². The van der Waals surface area contributed by atoms with E-state index in [0.717, 1.165) is 31.0 Å². The van der Waals surface area contributed by atoms with Gasteiger partial charge in [0.1, 0.15) is 11.0 Å². The molecule has 0 bridgehead atoms. The zero-order chi connectivity index (χ0) is 11.3. The van der Waals surface area contributed by atoms with Gasteiger partial charge < -0.3 is 4.74 Å². The first-order valence-corrected chi connectivity index (χ1v) is 5.53. The zero-order valence-electron chi connectivity index (χ0n) is 9.46. The molecule has 0 fully saturated rings. The summed E-state index contributed by atoms with van der Waals surface area (Å²) in [5.74, 6) is 1.19. The molecule has 0 N–H and O–H groups in total. The van der Waals surface area contributed by atoms with Crippen LogP contribution in [-0.2, 0) is 11.2 Å². The maximum absolute atomic E-state index is 5.92. The Morgan fingerprint density at radius 2 is 2.13 bits per heavy atom. The molecule has 0 saturated heterocycles. The maximum atomic E-state index is 5.92. The molecule has 0 aliphatic carbocycles. The van der Waals surface area contributed by atoms with E-state index in [1.165, 1.54) is 0 Å². The number of ether oxygens (including phenoxy) is 1. The Balaban J connectivity index is 2.71. The van der Waals surface area contributed by atoms with E-state index in [-0.39, 0.29) is 0 Å². The summed E-state index contributed by atoms with van der Waals surface area (Å²) in [7, 11) is 1.69. The molecule has 84 valence electrons. The number of halogens is 1. The van der Waals surface area contributed by atoms with E-state index in [9.17, 15) is 0 Å². The van der Waals surface area contributed by atoms with Gasteiger partial charge in [-0.2, -0.15) is 0 Å². The zero-order valence-corrected chi connectivity index (χ0v) is 10.2. The van der Waals surface area contributed by atoms with E-state index < -0.39 is 0 Å². The smallest absolute Gasteiger partial charge is 0.133 e. The molecule has 0 atom stereocenters. The number of nitrogens with zero attached hydrogens (tertiary/aromatic N) is 2. The van der Waals surface area contributed by atoms with Crippen molar-refractivity contribution < 1.29 is 4.74 Å². The van der Waals surface area contributed by atoms with Gasteiger partial charge in [-0.25, -0.2) is 9.97 Å². The Morgan fingerprint density at radius 1 is 1.40 bits per heavy atom. The van der Waals surface area contributed by atoms with Crippen molar-refractivity contribution in [1.82, 2.24) is 9.97 Å². The molecule has 0 spiro atoms. The second kappa shape index (κ2) is 6.03. The number of methoxy groups -OCH3 is 1. The van der Waals surface area contributed by atoms with Crippen LogP contribution in [0.25, 0.3) is 0 Å². The molecule has 3 nitrogen and oxygen atoms in total. The highest BCUT2D eigenvalue weighted by atomic mass is 35.5. The van der Waals surface area contributed by atoms with Crippen LogP contribution in [0.3, 0.4) is 0 Å². The van der Waals surface area contributed by atoms with E-state index in [4.69, 9.17) is 16.3 Å². The maximum Gasteiger partial charge on any atom is 0.133 e. The van der Waals surface area contributed by atoms with Crippen molar-refractivity contribution in [2.75, 3.05) is 13.7 Å². The van der Waals surface area contributed by atoms with Crippen LogP contribution in [0.15, 0.2) is 6.07 Å². The molecular formula is C11H17ClN2O. The first-order chi connectivity index (χ1) is 7.13. The lowest BCUT2D eigenvalue weighted by molar-refractivity contribution is 0.194. The third-order valence-electron chi connectivity index (χ3n) is 2.10. The Kier molecular flexibility index (Phi) is 4.99. The number of hydrogen-bond acceptors (Lipinski definition) is 3. The lowest BCUT2D eigenvalue weighted by atomic mass is 10.1. The topological polar surface area (TPSA) is 35.0 Å². The predicted octanol–water partition coefficient (Wildman–Crippen LogP) is 2.83. The van der Waals surface area contributed by atoms with Gasteiger partial charge in [0.25, 0.3) is 0 Å². The van der Waals surface area contributed by atoms with Crippen LogP contribution < -0.4 is 0 Å². The lowest BCUT2D eigenvalue weighted by Gasteiger charge is -2.07. The van der Waals surface area contributed by atoms with Crippen molar-refractivity contribution in [3.8, 4) is 0 Å². The minimum atomic E-state index is 0.381. The molecule has 1 rings (SSSR count). The first-order valence-electron chi connectivity index (χ1n) is 5.15. The third-order valence-corrected chi connectivity index (χ3v) is 2.30.